The van der Waals surface area contributed by atoms with Gasteiger partial charge in [-0.2, -0.15) is 0 Å². The molecule has 15 heavy (non-hydrogen) atoms. The summed E-state index contributed by atoms with van der Waals surface area (Å²) < 4.78 is 0. The molecule has 2 heteroatoms. The average molecular weight is 212 g/mol. The van der Waals surface area contributed by atoms with Crippen LogP contribution in [0.25, 0.3) is 0 Å². The van der Waals surface area contributed by atoms with E-state index >= 15 is 0 Å². The Kier molecular flexibility index (Phi) is 5.62. The van der Waals surface area contributed by atoms with Crippen molar-refractivity contribution in [1.29, 1.82) is 0 Å². The highest BCUT2D eigenvalue weighted by molar-refractivity contribution is 4.81. The maximum atomic E-state index is 5.86. The Morgan fingerprint density at radius 2 is 2.13 bits per heavy atom. The van der Waals surface area contributed by atoms with Crippen LogP contribution in [0.4, 0.5) is 0 Å². The van der Waals surface area contributed by atoms with Gasteiger partial charge in [0.15, 0.2) is 0 Å². The maximum Gasteiger partial charge on any atom is 0.0218 e. The van der Waals surface area contributed by atoms with Crippen LogP contribution in [0.3, 0.4) is 0 Å². The van der Waals surface area contributed by atoms with Crippen LogP contribution in [-0.4, -0.2) is 30.6 Å². The predicted octanol–water partition coefficient (Wildman–Crippen LogP) is 2.62. The van der Waals surface area contributed by atoms with E-state index in [4.69, 9.17) is 5.73 Å². The van der Waals surface area contributed by atoms with Gasteiger partial charge in [-0.3, -0.25) is 4.90 Å². The minimum absolute atomic E-state index is 0.602. The van der Waals surface area contributed by atoms with E-state index in [1.807, 2.05) is 0 Å². The highest BCUT2D eigenvalue weighted by Gasteiger charge is 2.25. The van der Waals surface area contributed by atoms with E-state index in [1.54, 1.807) is 0 Å². The van der Waals surface area contributed by atoms with Crippen molar-refractivity contribution in [2.45, 2.75) is 64.5 Å². The number of hydrogen-bond donors (Lipinski definition) is 1. The van der Waals surface area contributed by atoms with Gasteiger partial charge in [0, 0.05) is 18.6 Å². The van der Waals surface area contributed by atoms with Gasteiger partial charge in [-0.15, -0.1) is 0 Å². The van der Waals surface area contributed by atoms with Crippen molar-refractivity contribution in [3.63, 3.8) is 0 Å². The van der Waals surface area contributed by atoms with Crippen LogP contribution < -0.4 is 5.73 Å². The Labute approximate surface area is 95.2 Å². The van der Waals surface area contributed by atoms with Gasteiger partial charge in [0.1, 0.15) is 0 Å². The zero-order valence-corrected chi connectivity index (χ0v) is 10.7. The molecule has 3 unspecified atom stereocenters. The molecule has 0 heterocycles. The second-order valence-electron chi connectivity index (χ2n) is 5.27. The summed E-state index contributed by atoms with van der Waals surface area (Å²) in [4.78, 5) is 2.55. The Hall–Kier alpha value is -0.0800. The first kappa shape index (κ1) is 13.0. The van der Waals surface area contributed by atoms with Crippen LogP contribution >= 0.6 is 0 Å². The van der Waals surface area contributed by atoms with Gasteiger partial charge in [-0.05, 0) is 32.2 Å². The number of nitrogens with two attached hydrogens (primary N) is 1. The molecule has 0 aromatic carbocycles. The van der Waals surface area contributed by atoms with Crippen molar-refractivity contribution in [3.05, 3.63) is 0 Å². The van der Waals surface area contributed by atoms with Crippen molar-refractivity contribution in [2.75, 3.05) is 13.6 Å². The molecule has 0 aromatic heterocycles. The number of rotatable bonds is 5. The quantitative estimate of drug-likeness (QED) is 0.759. The SMILES string of the molecule is CCCC(CN)N(C)C1CCCC(C)C1. The third-order valence-corrected chi connectivity index (χ3v) is 3.95. The van der Waals surface area contributed by atoms with Gasteiger partial charge >= 0.3 is 0 Å². The largest absolute Gasteiger partial charge is 0.329 e. The number of likely N-dealkylation sites (N-methyl/N-ethyl adjacent to an activating group) is 1. The molecule has 0 radical (unpaired) electrons. The molecule has 1 rings (SSSR count). The minimum Gasteiger partial charge on any atom is -0.329 e. The Balaban J connectivity index is 2.45. The zero-order chi connectivity index (χ0) is 11.3. The van der Waals surface area contributed by atoms with Crippen molar-refractivity contribution < 1.29 is 0 Å². The van der Waals surface area contributed by atoms with E-state index in [9.17, 15) is 0 Å². The van der Waals surface area contributed by atoms with Gasteiger partial charge in [0.25, 0.3) is 0 Å². The minimum atomic E-state index is 0.602. The van der Waals surface area contributed by atoms with Gasteiger partial charge in [0.2, 0.25) is 0 Å². The molecule has 0 aromatic rings. The first-order valence-corrected chi connectivity index (χ1v) is 6.61. The summed E-state index contributed by atoms with van der Waals surface area (Å²) in [5, 5.41) is 0. The van der Waals surface area contributed by atoms with Crippen LogP contribution in [0.1, 0.15) is 52.4 Å². The maximum absolute atomic E-state index is 5.86. The number of hydrogen-bond acceptors (Lipinski definition) is 2. The summed E-state index contributed by atoms with van der Waals surface area (Å²) >= 11 is 0. The normalized spacial score (nSPS) is 29.4. The highest BCUT2D eigenvalue weighted by Crippen LogP contribution is 2.28. The molecule has 0 amide bonds. The van der Waals surface area contributed by atoms with Gasteiger partial charge in [-0.25, -0.2) is 0 Å². The van der Waals surface area contributed by atoms with E-state index < -0.39 is 0 Å². The molecular formula is C13H28N2. The molecule has 3 atom stereocenters. The first-order valence-electron chi connectivity index (χ1n) is 6.61. The second kappa shape index (κ2) is 6.49. The van der Waals surface area contributed by atoms with Crippen molar-refractivity contribution in [1.82, 2.24) is 4.90 Å². The summed E-state index contributed by atoms with van der Waals surface area (Å²) in [7, 11) is 2.27. The molecule has 0 bridgehead atoms. The monoisotopic (exact) mass is 212 g/mol. The van der Waals surface area contributed by atoms with Crippen molar-refractivity contribution in [3.8, 4) is 0 Å². The third kappa shape index (κ3) is 3.76. The van der Waals surface area contributed by atoms with Crippen LogP contribution in [0.15, 0.2) is 0 Å². The summed E-state index contributed by atoms with van der Waals surface area (Å²) in [5.41, 5.74) is 5.86. The average Bonchev–Trinajstić information content (AvgIpc) is 2.25. The highest BCUT2D eigenvalue weighted by atomic mass is 15.2. The Bertz CT molecular complexity index is 170. The van der Waals surface area contributed by atoms with E-state index in [-0.39, 0.29) is 0 Å². The Morgan fingerprint density at radius 3 is 2.67 bits per heavy atom. The van der Waals surface area contributed by atoms with E-state index in [1.165, 1.54) is 38.5 Å². The second-order valence-corrected chi connectivity index (χ2v) is 5.27. The molecule has 1 saturated carbocycles. The fourth-order valence-corrected chi connectivity index (χ4v) is 2.89. The van der Waals surface area contributed by atoms with Gasteiger partial charge in [0.05, 0.1) is 0 Å². The zero-order valence-electron chi connectivity index (χ0n) is 10.7. The van der Waals surface area contributed by atoms with Crippen molar-refractivity contribution in [2.24, 2.45) is 11.7 Å². The molecule has 0 spiro atoms. The fraction of sp³-hybridized carbons (Fsp3) is 1.00. The van der Waals surface area contributed by atoms with Crippen LogP contribution in [-0.2, 0) is 0 Å². The molecular weight excluding hydrogens is 184 g/mol. The molecule has 90 valence electrons. The number of nitrogens with zero attached hydrogens (tertiary/aromatic N) is 1. The standard InChI is InChI=1S/C13H28N2/c1-4-6-13(10-14)15(3)12-8-5-7-11(2)9-12/h11-13H,4-10,14H2,1-3H3. The smallest absolute Gasteiger partial charge is 0.0218 e. The van der Waals surface area contributed by atoms with Gasteiger partial charge in [-0.1, -0.05) is 33.1 Å². The first-order chi connectivity index (χ1) is 7.19. The molecule has 0 aliphatic heterocycles. The molecule has 2 nitrogen and oxygen atoms in total. The van der Waals surface area contributed by atoms with Crippen LogP contribution in [0.5, 0.6) is 0 Å². The molecule has 1 fully saturated rings. The fourth-order valence-electron chi connectivity index (χ4n) is 2.89. The van der Waals surface area contributed by atoms with Crippen molar-refractivity contribution >= 4 is 0 Å². The Morgan fingerprint density at radius 1 is 1.40 bits per heavy atom. The topological polar surface area (TPSA) is 29.3 Å². The molecule has 1 aliphatic rings. The lowest BCUT2D eigenvalue weighted by molar-refractivity contribution is 0.116. The summed E-state index contributed by atoms with van der Waals surface area (Å²) in [5.74, 6) is 0.909. The summed E-state index contributed by atoms with van der Waals surface area (Å²) in [6.07, 6.45) is 8.06. The van der Waals surface area contributed by atoms with Gasteiger partial charge < -0.3 is 5.73 Å². The lowest BCUT2D eigenvalue weighted by atomic mass is 9.85. The molecule has 0 saturated heterocycles. The molecule has 2 N–H and O–H groups in total. The van der Waals surface area contributed by atoms with Crippen LogP contribution in [0, 0.1) is 5.92 Å². The van der Waals surface area contributed by atoms with E-state index in [2.05, 4.69) is 25.8 Å². The lowest BCUT2D eigenvalue weighted by Gasteiger charge is -2.38. The summed E-state index contributed by atoms with van der Waals surface area (Å²) in [6, 6.07) is 1.39. The van der Waals surface area contributed by atoms with Crippen LogP contribution in [0.2, 0.25) is 0 Å². The predicted molar refractivity (Wildman–Crippen MR) is 66.9 cm³/mol. The molecule has 1 aliphatic carbocycles. The van der Waals surface area contributed by atoms with E-state index in [0.717, 1.165) is 18.5 Å². The summed E-state index contributed by atoms with van der Waals surface area (Å²) in [6.45, 7) is 5.45. The lowest BCUT2D eigenvalue weighted by Crippen LogP contribution is -2.45. The van der Waals surface area contributed by atoms with E-state index in [0.29, 0.717) is 6.04 Å². The third-order valence-electron chi connectivity index (χ3n) is 3.95.